The Kier molecular flexibility index (Phi) is 5.69. The third-order valence-electron chi connectivity index (χ3n) is 5.67. The Labute approximate surface area is 167 Å². The molecule has 0 radical (unpaired) electrons. The minimum absolute atomic E-state index is 0.245. The Morgan fingerprint density at radius 3 is 2.57 bits per heavy atom. The van der Waals surface area contributed by atoms with Crippen LogP contribution in [0.3, 0.4) is 0 Å². The topological polar surface area (TPSA) is 49.6 Å². The van der Waals surface area contributed by atoms with Crippen molar-refractivity contribution >= 4 is 11.8 Å². The molecule has 1 aliphatic carbocycles. The Balaban J connectivity index is 1.66. The van der Waals surface area contributed by atoms with E-state index in [9.17, 15) is 4.79 Å². The number of aromatic nitrogens is 1. The normalized spacial score (nSPS) is 16.8. The maximum Gasteiger partial charge on any atom is 0.232 e. The van der Waals surface area contributed by atoms with E-state index < -0.39 is 0 Å². The highest BCUT2D eigenvalue weighted by atomic mass is 16.5. The molecule has 0 bridgehead atoms. The maximum atomic E-state index is 13.0. The zero-order chi connectivity index (χ0) is 19.5. The molecule has 0 unspecified atom stereocenters. The fourth-order valence-corrected chi connectivity index (χ4v) is 3.97. The zero-order valence-electron chi connectivity index (χ0n) is 17.1. The number of hydrogen-bond acceptors (Lipinski definition) is 4. The van der Waals surface area contributed by atoms with E-state index in [1.54, 1.807) is 0 Å². The molecule has 1 aromatic carbocycles. The van der Waals surface area contributed by atoms with Crippen LogP contribution in [0.2, 0.25) is 0 Å². The van der Waals surface area contributed by atoms with Crippen molar-refractivity contribution in [1.82, 2.24) is 10.1 Å². The second kappa shape index (κ2) is 8.38. The SMILES string of the molecule is CC(C)CC(=O)N(Cc1c(-c2ccccc2)noc1N1CCCC1)CC1CC1. The van der Waals surface area contributed by atoms with Gasteiger partial charge in [0.1, 0.15) is 5.69 Å². The summed E-state index contributed by atoms with van der Waals surface area (Å²) >= 11 is 0. The maximum absolute atomic E-state index is 13.0. The lowest BCUT2D eigenvalue weighted by Crippen LogP contribution is -2.34. The van der Waals surface area contributed by atoms with Gasteiger partial charge < -0.3 is 14.3 Å². The molecule has 0 spiro atoms. The average molecular weight is 382 g/mol. The van der Waals surface area contributed by atoms with Crippen LogP contribution in [0.5, 0.6) is 0 Å². The first-order valence-electron chi connectivity index (χ1n) is 10.7. The first-order chi connectivity index (χ1) is 13.6. The summed E-state index contributed by atoms with van der Waals surface area (Å²) in [5, 5.41) is 4.44. The molecule has 4 rings (SSSR count). The lowest BCUT2D eigenvalue weighted by Gasteiger charge is -2.25. The fourth-order valence-electron chi connectivity index (χ4n) is 3.97. The molecule has 1 aliphatic heterocycles. The van der Waals surface area contributed by atoms with Gasteiger partial charge in [0.15, 0.2) is 0 Å². The summed E-state index contributed by atoms with van der Waals surface area (Å²) in [5.74, 6) is 2.12. The number of carbonyl (C=O) groups excluding carboxylic acids is 1. The summed E-state index contributed by atoms with van der Waals surface area (Å²) in [4.78, 5) is 17.3. The summed E-state index contributed by atoms with van der Waals surface area (Å²) in [6, 6.07) is 10.2. The first-order valence-corrected chi connectivity index (χ1v) is 10.7. The van der Waals surface area contributed by atoms with Crippen molar-refractivity contribution in [3.63, 3.8) is 0 Å². The quantitative estimate of drug-likeness (QED) is 0.663. The third kappa shape index (κ3) is 4.40. The van der Waals surface area contributed by atoms with Gasteiger partial charge >= 0.3 is 0 Å². The molecule has 2 aliphatic rings. The van der Waals surface area contributed by atoms with Gasteiger partial charge in [0.25, 0.3) is 0 Å². The van der Waals surface area contributed by atoms with Crippen LogP contribution in [0.25, 0.3) is 11.3 Å². The van der Waals surface area contributed by atoms with Gasteiger partial charge in [0.05, 0.1) is 12.1 Å². The van der Waals surface area contributed by atoms with E-state index >= 15 is 0 Å². The van der Waals surface area contributed by atoms with E-state index in [0.29, 0.717) is 24.8 Å². The molecule has 28 heavy (non-hydrogen) atoms. The van der Waals surface area contributed by atoms with E-state index in [2.05, 4.69) is 40.9 Å². The Morgan fingerprint density at radius 2 is 1.93 bits per heavy atom. The van der Waals surface area contributed by atoms with Gasteiger partial charge in [0, 0.05) is 31.6 Å². The van der Waals surface area contributed by atoms with Gasteiger partial charge in [-0.2, -0.15) is 0 Å². The first kappa shape index (κ1) is 19.0. The van der Waals surface area contributed by atoms with Crippen molar-refractivity contribution in [2.24, 2.45) is 11.8 Å². The highest BCUT2D eigenvalue weighted by Gasteiger charge is 2.31. The predicted octanol–water partition coefficient (Wildman–Crippen LogP) is 4.73. The zero-order valence-corrected chi connectivity index (χ0v) is 17.1. The lowest BCUT2D eigenvalue weighted by atomic mass is 10.1. The van der Waals surface area contributed by atoms with Crippen LogP contribution in [0, 0.1) is 11.8 Å². The van der Waals surface area contributed by atoms with E-state index in [-0.39, 0.29) is 5.91 Å². The number of anilines is 1. The van der Waals surface area contributed by atoms with Crippen LogP contribution < -0.4 is 4.90 Å². The van der Waals surface area contributed by atoms with E-state index in [4.69, 9.17) is 4.52 Å². The molecular weight excluding hydrogens is 350 g/mol. The molecule has 1 amide bonds. The average Bonchev–Trinajstić information content (AvgIpc) is 3.16. The van der Waals surface area contributed by atoms with Crippen LogP contribution in [0.1, 0.15) is 51.5 Å². The minimum Gasteiger partial charge on any atom is -0.340 e. The summed E-state index contributed by atoms with van der Waals surface area (Å²) in [6.07, 6.45) is 5.43. The van der Waals surface area contributed by atoms with Crippen LogP contribution in [0.15, 0.2) is 34.9 Å². The monoisotopic (exact) mass is 381 g/mol. The summed E-state index contributed by atoms with van der Waals surface area (Å²) in [5.41, 5.74) is 2.99. The number of carbonyl (C=O) groups is 1. The van der Waals surface area contributed by atoms with Crippen molar-refractivity contribution < 1.29 is 9.32 Å². The second-order valence-electron chi connectivity index (χ2n) is 8.69. The number of rotatable bonds is 8. The van der Waals surface area contributed by atoms with Gasteiger partial charge in [-0.15, -0.1) is 0 Å². The molecule has 150 valence electrons. The number of nitrogens with zero attached hydrogens (tertiary/aromatic N) is 3. The molecule has 2 aromatic rings. The van der Waals surface area contributed by atoms with Crippen molar-refractivity contribution in [3.8, 4) is 11.3 Å². The Hall–Kier alpha value is -2.30. The van der Waals surface area contributed by atoms with Crippen LogP contribution in [-0.2, 0) is 11.3 Å². The smallest absolute Gasteiger partial charge is 0.232 e. The molecule has 0 atom stereocenters. The van der Waals surface area contributed by atoms with E-state index in [1.165, 1.54) is 25.7 Å². The molecule has 5 nitrogen and oxygen atoms in total. The van der Waals surface area contributed by atoms with Gasteiger partial charge in [0.2, 0.25) is 11.8 Å². The molecule has 5 heteroatoms. The largest absolute Gasteiger partial charge is 0.340 e. The number of hydrogen-bond donors (Lipinski definition) is 0. The summed E-state index contributed by atoms with van der Waals surface area (Å²) in [6.45, 7) is 7.65. The van der Waals surface area contributed by atoms with Crippen molar-refractivity contribution in [3.05, 3.63) is 35.9 Å². The summed E-state index contributed by atoms with van der Waals surface area (Å²) < 4.78 is 5.85. The molecule has 1 saturated carbocycles. The molecule has 1 saturated heterocycles. The Bertz CT molecular complexity index is 789. The minimum atomic E-state index is 0.245. The van der Waals surface area contributed by atoms with Gasteiger partial charge in [-0.05, 0) is 37.5 Å². The fraction of sp³-hybridized carbons (Fsp3) is 0.565. The number of benzene rings is 1. The van der Waals surface area contributed by atoms with Crippen LogP contribution in [-0.4, -0.2) is 35.6 Å². The number of amides is 1. The van der Waals surface area contributed by atoms with Crippen molar-refractivity contribution in [2.45, 2.75) is 52.5 Å². The van der Waals surface area contributed by atoms with Crippen molar-refractivity contribution in [1.29, 1.82) is 0 Å². The lowest BCUT2D eigenvalue weighted by molar-refractivity contribution is -0.132. The molecule has 2 fully saturated rings. The predicted molar refractivity (Wildman–Crippen MR) is 111 cm³/mol. The summed E-state index contributed by atoms with van der Waals surface area (Å²) in [7, 11) is 0. The van der Waals surface area contributed by atoms with Crippen LogP contribution in [0.4, 0.5) is 5.88 Å². The van der Waals surface area contributed by atoms with Gasteiger partial charge in [-0.1, -0.05) is 49.3 Å². The van der Waals surface area contributed by atoms with Crippen molar-refractivity contribution in [2.75, 3.05) is 24.5 Å². The highest BCUT2D eigenvalue weighted by Crippen LogP contribution is 2.36. The molecule has 0 N–H and O–H groups in total. The van der Waals surface area contributed by atoms with E-state index in [0.717, 1.165) is 42.3 Å². The van der Waals surface area contributed by atoms with Crippen LogP contribution >= 0.6 is 0 Å². The molecular formula is C23H31N3O2. The molecule has 1 aromatic heterocycles. The van der Waals surface area contributed by atoms with Gasteiger partial charge in [-0.3, -0.25) is 4.79 Å². The van der Waals surface area contributed by atoms with E-state index in [1.807, 2.05) is 18.2 Å². The van der Waals surface area contributed by atoms with Gasteiger partial charge in [-0.25, -0.2) is 0 Å². The highest BCUT2D eigenvalue weighted by molar-refractivity contribution is 5.77. The molecule has 2 heterocycles. The Morgan fingerprint density at radius 1 is 1.21 bits per heavy atom. The standard InChI is InChI=1S/C23H31N3O2/c1-17(2)14-21(27)26(15-18-10-11-18)16-20-22(19-8-4-3-5-9-19)24-28-23(20)25-12-6-7-13-25/h3-5,8-9,17-18H,6-7,10-16H2,1-2H3. The second-order valence-corrected chi connectivity index (χ2v) is 8.69. The third-order valence-corrected chi connectivity index (χ3v) is 5.67.